The predicted octanol–water partition coefficient (Wildman–Crippen LogP) is 0.163. The molecule has 0 aliphatic heterocycles. The molecule has 0 aliphatic rings. The molecule has 7 nitrogen and oxygen atoms in total. The molecule has 0 spiro atoms. The first-order valence-corrected chi connectivity index (χ1v) is 9.42. The van der Waals surface area contributed by atoms with E-state index in [-0.39, 0.29) is 16.3 Å². The summed E-state index contributed by atoms with van der Waals surface area (Å²) in [6.07, 6.45) is 0.784. The van der Waals surface area contributed by atoms with Gasteiger partial charge in [0.25, 0.3) is 0 Å². The van der Waals surface area contributed by atoms with E-state index in [2.05, 4.69) is 4.72 Å². The highest BCUT2D eigenvalue weighted by Gasteiger charge is 2.26. The molecular formula is C12H20N2O5S2. The van der Waals surface area contributed by atoms with Crippen molar-refractivity contribution in [3.8, 4) is 0 Å². The van der Waals surface area contributed by atoms with Gasteiger partial charge in [0.05, 0.1) is 15.4 Å². The Morgan fingerprint density at radius 3 is 2.14 bits per heavy atom. The second-order valence-electron chi connectivity index (χ2n) is 4.78. The van der Waals surface area contributed by atoms with Gasteiger partial charge < -0.3 is 5.11 Å². The first-order valence-electron chi connectivity index (χ1n) is 6.39. The molecule has 1 aromatic rings. The molecule has 4 N–H and O–H groups in total. The minimum absolute atomic E-state index is 0.151. The number of primary sulfonamides is 1. The Morgan fingerprint density at radius 2 is 1.67 bits per heavy atom. The van der Waals surface area contributed by atoms with Crippen molar-refractivity contribution in [3.05, 3.63) is 24.3 Å². The first-order chi connectivity index (χ1) is 9.54. The van der Waals surface area contributed by atoms with Gasteiger partial charge in [-0.05, 0) is 31.0 Å². The summed E-state index contributed by atoms with van der Waals surface area (Å²) in [6.45, 7) is 3.35. The summed E-state index contributed by atoms with van der Waals surface area (Å²) in [5.74, 6) is 0. The Hall–Kier alpha value is -1.00. The van der Waals surface area contributed by atoms with E-state index in [1.807, 2.05) is 0 Å². The molecule has 0 unspecified atom stereocenters. The highest BCUT2D eigenvalue weighted by Crippen LogP contribution is 2.17. The van der Waals surface area contributed by atoms with Crippen LogP contribution < -0.4 is 9.86 Å². The van der Waals surface area contributed by atoms with Crippen LogP contribution in [0.15, 0.2) is 34.1 Å². The van der Waals surface area contributed by atoms with E-state index in [1.54, 1.807) is 13.8 Å². The summed E-state index contributed by atoms with van der Waals surface area (Å²) in [7, 11) is -7.91. The fraction of sp³-hybridized carbons (Fsp3) is 0.500. The van der Waals surface area contributed by atoms with Crippen molar-refractivity contribution >= 4 is 20.0 Å². The van der Waals surface area contributed by atoms with Gasteiger partial charge in [0.15, 0.2) is 0 Å². The molecule has 9 heteroatoms. The van der Waals surface area contributed by atoms with Gasteiger partial charge in [-0.25, -0.2) is 26.7 Å². The molecule has 0 fully saturated rings. The molecule has 21 heavy (non-hydrogen) atoms. The van der Waals surface area contributed by atoms with Crippen molar-refractivity contribution in [1.29, 1.82) is 0 Å². The molecular weight excluding hydrogens is 316 g/mol. The number of nitrogens with one attached hydrogen (secondary N) is 1. The lowest BCUT2D eigenvalue weighted by Crippen LogP contribution is -2.42. The first kappa shape index (κ1) is 18.1. The van der Waals surface area contributed by atoms with E-state index in [1.165, 1.54) is 18.2 Å². The zero-order chi connectivity index (χ0) is 16.3. The molecule has 0 bridgehead atoms. The van der Waals surface area contributed by atoms with Crippen LogP contribution in [0, 0.1) is 0 Å². The van der Waals surface area contributed by atoms with E-state index in [9.17, 15) is 21.9 Å². The Balaban J connectivity index is 3.04. The van der Waals surface area contributed by atoms with Crippen LogP contribution in [0.5, 0.6) is 0 Å². The zero-order valence-corrected chi connectivity index (χ0v) is 13.5. The fourth-order valence-electron chi connectivity index (χ4n) is 1.63. The molecule has 1 rings (SSSR count). The summed E-state index contributed by atoms with van der Waals surface area (Å²) in [4.78, 5) is -0.504. The van der Waals surface area contributed by atoms with Crippen molar-refractivity contribution in [2.45, 2.75) is 42.1 Å². The minimum atomic E-state index is -3.98. The summed E-state index contributed by atoms with van der Waals surface area (Å²) in [5.41, 5.74) is -1.13. The van der Waals surface area contributed by atoms with Gasteiger partial charge in [-0.1, -0.05) is 19.9 Å². The summed E-state index contributed by atoms with van der Waals surface area (Å²) in [5, 5.41) is 15.1. The third kappa shape index (κ3) is 4.75. The lowest BCUT2D eigenvalue weighted by atomic mass is 9.98. The predicted molar refractivity (Wildman–Crippen MR) is 78.5 cm³/mol. The zero-order valence-electron chi connectivity index (χ0n) is 11.9. The molecule has 120 valence electrons. The Labute approximate surface area is 125 Å². The van der Waals surface area contributed by atoms with Crippen LogP contribution in [0.1, 0.15) is 26.7 Å². The van der Waals surface area contributed by atoms with Gasteiger partial charge in [-0.3, -0.25) is 0 Å². The lowest BCUT2D eigenvalue weighted by Gasteiger charge is -2.25. The van der Waals surface area contributed by atoms with Crippen molar-refractivity contribution in [3.63, 3.8) is 0 Å². The average Bonchev–Trinajstić information content (AvgIpc) is 2.44. The number of nitrogens with two attached hydrogens (primary N) is 1. The van der Waals surface area contributed by atoms with E-state index in [0.717, 1.165) is 6.07 Å². The Kier molecular flexibility index (Phi) is 5.51. The molecule has 0 aromatic heterocycles. The maximum Gasteiger partial charge on any atom is 0.240 e. The van der Waals surface area contributed by atoms with Crippen molar-refractivity contribution in [1.82, 2.24) is 4.72 Å². The molecule has 0 saturated heterocycles. The van der Waals surface area contributed by atoms with Crippen molar-refractivity contribution in [2.24, 2.45) is 5.14 Å². The van der Waals surface area contributed by atoms with E-state index >= 15 is 0 Å². The maximum absolute atomic E-state index is 12.1. The lowest BCUT2D eigenvalue weighted by molar-refractivity contribution is 0.0377. The second-order valence-corrected chi connectivity index (χ2v) is 8.10. The van der Waals surface area contributed by atoms with Crippen LogP contribution in [0.25, 0.3) is 0 Å². The van der Waals surface area contributed by atoms with Crippen LogP contribution in [0.3, 0.4) is 0 Å². The number of sulfonamides is 2. The van der Waals surface area contributed by atoms with Gasteiger partial charge >= 0.3 is 0 Å². The molecule has 0 heterocycles. The van der Waals surface area contributed by atoms with Crippen molar-refractivity contribution in [2.75, 3.05) is 6.54 Å². The van der Waals surface area contributed by atoms with Gasteiger partial charge in [0.1, 0.15) is 0 Å². The summed E-state index contributed by atoms with van der Waals surface area (Å²) >= 11 is 0. The van der Waals surface area contributed by atoms with Crippen LogP contribution in [-0.4, -0.2) is 34.1 Å². The van der Waals surface area contributed by atoms with Crippen LogP contribution in [0.2, 0.25) is 0 Å². The normalized spacial score (nSPS) is 13.3. The SMILES string of the molecule is CCC(O)(CC)CNS(=O)(=O)c1cccc(S(N)(=O)=O)c1. The van der Waals surface area contributed by atoms with Gasteiger partial charge in [0, 0.05) is 6.54 Å². The summed E-state index contributed by atoms with van der Waals surface area (Å²) in [6, 6.07) is 4.74. The standard InChI is InChI=1S/C12H20N2O5S2/c1-3-12(15,4-2)9-14-21(18,19)11-7-5-6-10(8-11)20(13,16)17/h5-8,14-15H,3-4,9H2,1-2H3,(H2,13,16,17). The monoisotopic (exact) mass is 336 g/mol. The second kappa shape index (κ2) is 6.41. The highest BCUT2D eigenvalue weighted by atomic mass is 32.2. The topological polar surface area (TPSA) is 127 Å². The van der Waals surface area contributed by atoms with Crippen molar-refractivity contribution < 1.29 is 21.9 Å². The quantitative estimate of drug-likeness (QED) is 0.654. The molecule has 1 aromatic carbocycles. The third-order valence-corrected chi connectivity index (χ3v) is 5.66. The highest BCUT2D eigenvalue weighted by molar-refractivity contribution is 7.90. The number of benzene rings is 1. The van der Waals surface area contributed by atoms with Crippen LogP contribution in [0.4, 0.5) is 0 Å². The molecule has 0 radical (unpaired) electrons. The van der Waals surface area contributed by atoms with E-state index < -0.39 is 25.6 Å². The average molecular weight is 336 g/mol. The number of rotatable bonds is 7. The Bertz CT molecular complexity index is 694. The largest absolute Gasteiger partial charge is 0.389 e. The summed E-state index contributed by atoms with van der Waals surface area (Å²) < 4.78 is 49.0. The third-order valence-electron chi connectivity index (χ3n) is 3.35. The fourth-order valence-corrected chi connectivity index (χ4v) is 3.43. The van der Waals surface area contributed by atoms with Crippen LogP contribution in [-0.2, 0) is 20.0 Å². The minimum Gasteiger partial charge on any atom is -0.389 e. The number of hydrogen-bond acceptors (Lipinski definition) is 5. The van der Waals surface area contributed by atoms with Gasteiger partial charge in [-0.2, -0.15) is 0 Å². The number of aliphatic hydroxyl groups is 1. The van der Waals surface area contributed by atoms with E-state index in [4.69, 9.17) is 5.14 Å². The Morgan fingerprint density at radius 1 is 1.14 bits per heavy atom. The van der Waals surface area contributed by atoms with Gasteiger partial charge in [-0.15, -0.1) is 0 Å². The molecule has 0 amide bonds. The maximum atomic E-state index is 12.1. The smallest absolute Gasteiger partial charge is 0.240 e. The van der Waals surface area contributed by atoms with E-state index in [0.29, 0.717) is 12.8 Å². The number of hydrogen-bond donors (Lipinski definition) is 3. The molecule has 0 aliphatic carbocycles. The molecule has 0 saturated carbocycles. The molecule has 0 atom stereocenters. The van der Waals surface area contributed by atoms with Gasteiger partial charge in [0.2, 0.25) is 20.0 Å². The van der Waals surface area contributed by atoms with Crippen LogP contribution >= 0.6 is 0 Å².